The third-order valence-corrected chi connectivity index (χ3v) is 4.55. The second kappa shape index (κ2) is 7.66. The van der Waals surface area contributed by atoms with Crippen LogP contribution in [0.5, 0.6) is 0 Å². The third kappa shape index (κ3) is 4.28. The summed E-state index contributed by atoms with van der Waals surface area (Å²) < 4.78 is 52.0. The van der Waals surface area contributed by atoms with Crippen LogP contribution in [0.15, 0.2) is 54.9 Å². The lowest BCUT2D eigenvalue weighted by Crippen LogP contribution is -2.53. The largest absolute Gasteiger partial charge is 0.417 e. The highest BCUT2D eigenvalue weighted by atomic mass is 19.4. The lowest BCUT2D eigenvalue weighted by atomic mass is 9.97. The summed E-state index contributed by atoms with van der Waals surface area (Å²) in [5, 5.41) is 12.8. The zero-order valence-electron chi connectivity index (χ0n) is 14.4. The number of aliphatic hydroxyl groups is 1. The molecule has 1 aromatic heterocycles. The average molecular weight is 381 g/mol. The first-order valence-corrected chi connectivity index (χ1v) is 8.36. The average Bonchev–Trinajstić information content (AvgIpc) is 2.63. The smallest absolute Gasteiger partial charge is 0.395 e. The molecule has 4 nitrogen and oxygen atoms in total. The number of rotatable bonds is 4. The second-order valence-corrected chi connectivity index (χ2v) is 6.42. The number of hydrogen-bond acceptors (Lipinski definition) is 4. The van der Waals surface area contributed by atoms with Crippen molar-refractivity contribution in [1.82, 2.24) is 15.2 Å². The summed E-state index contributed by atoms with van der Waals surface area (Å²) in [5.41, 5.74) is 0.922. The molecule has 2 heterocycles. The van der Waals surface area contributed by atoms with Crippen molar-refractivity contribution in [3.8, 4) is 0 Å². The van der Waals surface area contributed by atoms with Gasteiger partial charge >= 0.3 is 6.18 Å². The quantitative estimate of drug-likeness (QED) is 0.799. The Morgan fingerprint density at radius 2 is 1.93 bits per heavy atom. The topological polar surface area (TPSA) is 48.4 Å². The maximum Gasteiger partial charge on any atom is 0.417 e. The van der Waals surface area contributed by atoms with Crippen LogP contribution in [0, 0.1) is 5.82 Å². The highest BCUT2D eigenvalue weighted by Crippen LogP contribution is 2.33. The van der Waals surface area contributed by atoms with Gasteiger partial charge in [-0.25, -0.2) is 4.39 Å². The number of alkyl halides is 3. The molecule has 2 atom stereocenters. The van der Waals surface area contributed by atoms with E-state index in [1.165, 1.54) is 18.2 Å². The number of aromatic nitrogens is 1. The minimum atomic E-state index is -4.48. The number of benzene rings is 1. The van der Waals surface area contributed by atoms with Gasteiger partial charge in [-0.05, 0) is 29.8 Å². The zero-order valence-corrected chi connectivity index (χ0v) is 14.4. The second-order valence-electron chi connectivity index (χ2n) is 6.42. The normalized spacial score (nSPS) is 19.6. The van der Waals surface area contributed by atoms with Crippen LogP contribution in [-0.4, -0.2) is 40.7 Å². The van der Waals surface area contributed by atoms with Crippen molar-refractivity contribution < 1.29 is 22.7 Å². The predicted octanol–water partition coefficient (Wildman–Crippen LogP) is 3.11. The SMILES string of the molecule is C=C1CN(C(c2ccc(F)cc2)c2ccc(C(F)(F)F)cn2)[C@H](CO)CN1. The molecule has 0 aliphatic carbocycles. The van der Waals surface area contributed by atoms with E-state index in [-0.39, 0.29) is 12.6 Å². The Labute approximate surface area is 154 Å². The number of halogens is 4. The number of aliphatic hydroxyl groups excluding tert-OH is 1. The van der Waals surface area contributed by atoms with E-state index < -0.39 is 23.6 Å². The zero-order chi connectivity index (χ0) is 19.6. The van der Waals surface area contributed by atoms with E-state index in [2.05, 4.69) is 16.9 Å². The highest BCUT2D eigenvalue weighted by molar-refractivity contribution is 5.31. The Bertz CT molecular complexity index is 790. The Morgan fingerprint density at radius 1 is 1.22 bits per heavy atom. The Hall–Kier alpha value is -2.45. The number of nitrogens with zero attached hydrogens (tertiary/aromatic N) is 2. The van der Waals surface area contributed by atoms with Crippen LogP contribution < -0.4 is 5.32 Å². The van der Waals surface area contributed by atoms with Gasteiger partial charge in [0, 0.05) is 25.0 Å². The molecule has 0 radical (unpaired) electrons. The fourth-order valence-electron chi connectivity index (χ4n) is 3.17. The molecule has 2 N–H and O–H groups in total. The van der Waals surface area contributed by atoms with Crippen LogP contribution in [0.3, 0.4) is 0 Å². The lowest BCUT2D eigenvalue weighted by molar-refractivity contribution is -0.137. The molecule has 2 aromatic rings. The van der Waals surface area contributed by atoms with Gasteiger partial charge in [-0.15, -0.1) is 0 Å². The molecule has 1 aliphatic rings. The summed E-state index contributed by atoms with van der Waals surface area (Å²) in [6.45, 7) is 4.55. The van der Waals surface area contributed by atoms with Crippen molar-refractivity contribution in [3.05, 3.63) is 77.5 Å². The van der Waals surface area contributed by atoms with E-state index in [0.29, 0.717) is 24.3 Å². The number of pyridine rings is 1. The van der Waals surface area contributed by atoms with Crippen molar-refractivity contribution in [3.63, 3.8) is 0 Å². The molecule has 1 fully saturated rings. The van der Waals surface area contributed by atoms with Crippen LogP contribution in [0.2, 0.25) is 0 Å². The Balaban J connectivity index is 2.04. The summed E-state index contributed by atoms with van der Waals surface area (Å²) >= 11 is 0. The van der Waals surface area contributed by atoms with E-state index in [4.69, 9.17) is 0 Å². The van der Waals surface area contributed by atoms with Gasteiger partial charge < -0.3 is 10.4 Å². The number of piperazine rings is 1. The minimum absolute atomic E-state index is 0.154. The van der Waals surface area contributed by atoms with Gasteiger partial charge in [0.25, 0.3) is 0 Å². The van der Waals surface area contributed by atoms with Crippen molar-refractivity contribution in [2.45, 2.75) is 18.3 Å². The van der Waals surface area contributed by atoms with E-state index in [0.717, 1.165) is 18.0 Å². The molecule has 0 saturated carbocycles. The molecule has 0 bridgehead atoms. The monoisotopic (exact) mass is 381 g/mol. The minimum Gasteiger partial charge on any atom is -0.395 e. The molecule has 1 aromatic carbocycles. The molecule has 0 spiro atoms. The van der Waals surface area contributed by atoms with E-state index in [1.807, 2.05) is 4.90 Å². The molecular weight excluding hydrogens is 362 g/mol. The molecule has 0 amide bonds. The van der Waals surface area contributed by atoms with Gasteiger partial charge in [0.2, 0.25) is 0 Å². The summed E-state index contributed by atoms with van der Waals surface area (Å²) in [5.74, 6) is -0.415. The first-order chi connectivity index (χ1) is 12.8. The van der Waals surface area contributed by atoms with Gasteiger partial charge in [-0.1, -0.05) is 18.7 Å². The highest BCUT2D eigenvalue weighted by Gasteiger charge is 2.34. The van der Waals surface area contributed by atoms with E-state index in [9.17, 15) is 22.7 Å². The van der Waals surface area contributed by atoms with Crippen LogP contribution in [0.1, 0.15) is 22.9 Å². The molecule has 1 saturated heterocycles. The van der Waals surface area contributed by atoms with Crippen LogP contribution >= 0.6 is 0 Å². The predicted molar refractivity (Wildman–Crippen MR) is 92.2 cm³/mol. The first kappa shape index (κ1) is 19.3. The lowest BCUT2D eigenvalue weighted by Gasteiger charge is -2.41. The van der Waals surface area contributed by atoms with Crippen LogP contribution in [0.25, 0.3) is 0 Å². The first-order valence-electron chi connectivity index (χ1n) is 8.36. The summed E-state index contributed by atoms with van der Waals surface area (Å²) in [6.07, 6.45) is -3.69. The summed E-state index contributed by atoms with van der Waals surface area (Å²) in [4.78, 5) is 5.93. The Morgan fingerprint density at radius 3 is 2.48 bits per heavy atom. The van der Waals surface area contributed by atoms with Crippen molar-refractivity contribution in [1.29, 1.82) is 0 Å². The Kier molecular flexibility index (Phi) is 5.48. The van der Waals surface area contributed by atoms with Gasteiger partial charge in [0.1, 0.15) is 5.82 Å². The van der Waals surface area contributed by atoms with Crippen molar-refractivity contribution in [2.24, 2.45) is 0 Å². The molecule has 1 aliphatic heterocycles. The molecule has 27 heavy (non-hydrogen) atoms. The van der Waals surface area contributed by atoms with Gasteiger partial charge in [-0.3, -0.25) is 9.88 Å². The maximum absolute atomic E-state index is 13.4. The van der Waals surface area contributed by atoms with Crippen LogP contribution in [0.4, 0.5) is 17.6 Å². The van der Waals surface area contributed by atoms with E-state index >= 15 is 0 Å². The summed E-state index contributed by atoms with van der Waals surface area (Å²) in [7, 11) is 0. The molecule has 1 unspecified atom stereocenters. The standard InChI is InChI=1S/C19H19F4N3O/c1-12-10-26(16(11-27)9-24-12)18(13-2-5-15(20)6-3-13)17-7-4-14(8-25-17)19(21,22)23/h2-8,16,18,24,27H,1,9-11H2/t16-,18?/m0/s1. The molecule has 3 rings (SSSR count). The van der Waals surface area contributed by atoms with Crippen molar-refractivity contribution >= 4 is 0 Å². The molecule has 144 valence electrons. The fourth-order valence-corrected chi connectivity index (χ4v) is 3.17. The van der Waals surface area contributed by atoms with E-state index in [1.54, 1.807) is 12.1 Å². The fraction of sp³-hybridized carbons (Fsp3) is 0.316. The van der Waals surface area contributed by atoms with Gasteiger partial charge in [0.05, 0.1) is 29.9 Å². The third-order valence-electron chi connectivity index (χ3n) is 4.55. The number of hydrogen-bond donors (Lipinski definition) is 2. The summed E-state index contributed by atoms with van der Waals surface area (Å²) in [6, 6.07) is 7.16. The van der Waals surface area contributed by atoms with Gasteiger partial charge in [0.15, 0.2) is 0 Å². The molecular formula is C19H19F4N3O. The molecule has 8 heteroatoms. The van der Waals surface area contributed by atoms with Crippen LogP contribution in [-0.2, 0) is 6.18 Å². The van der Waals surface area contributed by atoms with Crippen molar-refractivity contribution in [2.75, 3.05) is 19.7 Å². The van der Waals surface area contributed by atoms with Gasteiger partial charge in [-0.2, -0.15) is 13.2 Å². The maximum atomic E-state index is 13.4. The number of nitrogens with one attached hydrogen (secondary N) is 1.